The molecule has 6 nitrogen and oxygen atoms in total. The fourth-order valence-electron chi connectivity index (χ4n) is 1.42. The van der Waals surface area contributed by atoms with Crippen LogP contribution >= 0.6 is 22.9 Å². The van der Waals surface area contributed by atoms with E-state index in [1.807, 2.05) is 4.72 Å². The Labute approximate surface area is 128 Å². The van der Waals surface area contributed by atoms with Crippen LogP contribution in [0, 0.1) is 5.82 Å². The lowest BCUT2D eigenvalue weighted by molar-refractivity contribution is 0.0590. The van der Waals surface area contributed by atoms with E-state index in [9.17, 15) is 17.6 Å². The summed E-state index contributed by atoms with van der Waals surface area (Å²) >= 11 is 6.30. The number of hydrogen-bond acceptors (Lipinski definition) is 6. The number of hydrogen-bond donors (Lipinski definition) is 1. The molecule has 0 bridgehead atoms. The maximum absolute atomic E-state index is 13.6. The van der Waals surface area contributed by atoms with E-state index < -0.39 is 21.8 Å². The largest absolute Gasteiger partial charge is 0.464 e. The molecule has 0 atom stereocenters. The number of rotatable bonds is 4. The third-order valence-corrected chi connectivity index (χ3v) is 5.30. The zero-order chi connectivity index (χ0) is 15.6. The molecule has 0 unspecified atom stereocenters. The molecule has 2 rings (SSSR count). The first-order valence-corrected chi connectivity index (χ1v) is 8.09. The van der Waals surface area contributed by atoms with Gasteiger partial charge in [-0.05, 0) is 18.2 Å². The van der Waals surface area contributed by atoms with Gasteiger partial charge >= 0.3 is 5.97 Å². The van der Waals surface area contributed by atoms with Crippen LogP contribution in [0.5, 0.6) is 0 Å². The van der Waals surface area contributed by atoms with Crippen LogP contribution in [-0.4, -0.2) is 26.5 Å². The topological polar surface area (TPSA) is 85.4 Å². The molecular weight excluding hydrogens is 343 g/mol. The Bertz CT molecular complexity index is 791. The molecule has 112 valence electrons. The maximum Gasteiger partial charge on any atom is 0.358 e. The van der Waals surface area contributed by atoms with Gasteiger partial charge in [-0.25, -0.2) is 22.6 Å². The number of aromatic nitrogens is 1. The van der Waals surface area contributed by atoms with Crippen molar-refractivity contribution in [2.75, 3.05) is 11.8 Å². The van der Waals surface area contributed by atoms with Crippen molar-refractivity contribution in [3.05, 3.63) is 40.2 Å². The molecule has 0 saturated heterocycles. The molecule has 0 aliphatic rings. The zero-order valence-electron chi connectivity index (χ0n) is 10.5. The first-order chi connectivity index (χ1) is 9.85. The second-order valence-corrected chi connectivity index (χ2v) is 6.88. The minimum Gasteiger partial charge on any atom is -0.464 e. The molecule has 1 N–H and O–H groups in total. The first-order valence-electron chi connectivity index (χ1n) is 5.35. The average Bonchev–Trinajstić information content (AvgIpc) is 2.91. The molecule has 21 heavy (non-hydrogen) atoms. The number of thiazole rings is 1. The Kier molecular flexibility index (Phi) is 4.45. The van der Waals surface area contributed by atoms with Gasteiger partial charge in [-0.15, -0.1) is 11.3 Å². The molecule has 1 aromatic heterocycles. The van der Waals surface area contributed by atoms with E-state index in [2.05, 4.69) is 9.72 Å². The van der Waals surface area contributed by atoms with Gasteiger partial charge in [0.1, 0.15) is 5.82 Å². The lowest BCUT2D eigenvalue weighted by atomic mass is 10.3. The summed E-state index contributed by atoms with van der Waals surface area (Å²) in [6.45, 7) is 0. The number of nitrogens with zero attached hydrogens (tertiary/aromatic N) is 1. The molecule has 0 spiro atoms. The lowest BCUT2D eigenvalue weighted by Gasteiger charge is -2.08. The number of anilines is 1. The summed E-state index contributed by atoms with van der Waals surface area (Å²) < 4.78 is 44.1. The number of carbonyl (C=O) groups is 1. The number of ether oxygens (including phenoxy) is 1. The van der Waals surface area contributed by atoms with Crippen molar-refractivity contribution < 1.29 is 22.3 Å². The van der Waals surface area contributed by atoms with Crippen molar-refractivity contribution in [2.24, 2.45) is 0 Å². The number of carbonyl (C=O) groups excluding carboxylic acids is 1. The summed E-state index contributed by atoms with van der Waals surface area (Å²) in [5.74, 6) is -1.73. The highest BCUT2D eigenvalue weighted by molar-refractivity contribution is 7.94. The molecule has 1 aromatic carbocycles. The SMILES string of the molecule is COC(=O)c1ncsc1S(=O)(=O)Nc1ccc(Cl)cc1F. The van der Waals surface area contributed by atoms with Crippen molar-refractivity contribution in [3.8, 4) is 0 Å². The number of esters is 1. The van der Waals surface area contributed by atoms with Gasteiger partial charge in [-0.2, -0.15) is 0 Å². The summed E-state index contributed by atoms with van der Waals surface area (Å²) in [4.78, 5) is 15.1. The molecule has 2 aromatic rings. The average molecular weight is 351 g/mol. The number of halogens is 2. The number of sulfonamides is 1. The van der Waals surface area contributed by atoms with E-state index in [1.54, 1.807) is 0 Å². The van der Waals surface area contributed by atoms with Crippen LogP contribution < -0.4 is 4.72 Å². The van der Waals surface area contributed by atoms with Crippen LogP contribution in [0.1, 0.15) is 10.5 Å². The van der Waals surface area contributed by atoms with Crippen LogP contribution in [0.15, 0.2) is 27.9 Å². The molecule has 1 heterocycles. The summed E-state index contributed by atoms with van der Waals surface area (Å²) in [5, 5.41) is 0.128. The number of benzene rings is 1. The fourth-order valence-corrected chi connectivity index (χ4v) is 3.78. The summed E-state index contributed by atoms with van der Waals surface area (Å²) in [6.07, 6.45) is 0. The molecule has 0 saturated carbocycles. The highest BCUT2D eigenvalue weighted by Gasteiger charge is 2.27. The van der Waals surface area contributed by atoms with Crippen LogP contribution in [-0.2, 0) is 14.8 Å². The quantitative estimate of drug-likeness (QED) is 0.856. The van der Waals surface area contributed by atoms with Gasteiger partial charge < -0.3 is 4.74 Å². The standard InChI is InChI=1S/C11H8ClFN2O4S2/c1-19-10(16)9-11(20-5-14-9)21(17,18)15-8-3-2-6(12)4-7(8)13/h2-5,15H,1H3. The third kappa shape index (κ3) is 3.31. The van der Waals surface area contributed by atoms with E-state index in [0.717, 1.165) is 24.5 Å². The van der Waals surface area contributed by atoms with E-state index in [0.29, 0.717) is 0 Å². The monoisotopic (exact) mass is 350 g/mol. The van der Waals surface area contributed by atoms with Crippen molar-refractivity contribution in [3.63, 3.8) is 0 Å². The first kappa shape index (κ1) is 15.7. The van der Waals surface area contributed by atoms with Crippen molar-refractivity contribution in [1.29, 1.82) is 0 Å². The molecule has 0 aliphatic carbocycles. The normalized spacial score (nSPS) is 11.2. The Morgan fingerprint density at radius 3 is 2.81 bits per heavy atom. The maximum atomic E-state index is 13.6. The van der Waals surface area contributed by atoms with Crippen LogP contribution in [0.3, 0.4) is 0 Å². The Balaban J connectivity index is 2.39. The highest BCUT2D eigenvalue weighted by Crippen LogP contribution is 2.26. The predicted molar refractivity (Wildman–Crippen MR) is 75.7 cm³/mol. The third-order valence-electron chi connectivity index (χ3n) is 2.33. The second-order valence-electron chi connectivity index (χ2n) is 3.71. The second kappa shape index (κ2) is 5.96. The molecule has 0 radical (unpaired) electrons. The van der Waals surface area contributed by atoms with Gasteiger partial charge in [0.25, 0.3) is 10.0 Å². The van der Waals surface area contributed by atoms with Gasteiger partial charge in [0.2, 0.25) is 0 Å². The van der Waals surface area contributed by atoms with E-state index in [1.165, 1.54) is 17.6 Å². The van der Waals surface area contributed by atoms with Gasteiger partial charge in [0.05, 0.1) is 18.3 Å². The van der Waals surface area contributed by atoms with E-state index in [-0.39, 0.29) is 20.6 Å². The fraction of sp³-hybridized carbons (Fsp3) is 0.0909. The molecule has 0 aliphatic heterocycles. The van der Waals surface area contributed by atoms with Gasteiger partial charge in [0, 0.05) is 5.02 Å². The van der Waals surface area contributed by atoms with Crippen LogP contribution in [0.25, 0.3) is 0 Å². The smallest absolute Gasteiger partial charge is 0.358 e. The van der Waals surface area contributed by atoms with E-state index >= 15 is 0 Å². The van der Waals surface area contributed by atoms with E-state index in [4.69, 9.17) is 11.6 Å². The highest BCUT2D eigenvalue weighted by atomic mass is 35.5. The van der Waals surface area contributed by atoms with Gasteiger partial charge in [0.15, 0.2) is 9.90 Å². The lowest BCUT2D eigenvalue weighted by Crippen LogP contribution is -2.16. The summed E-state index contributed by atoms with van der Waals surface area (Å²) in [6, 6.07) is 3.47. The number of nitrogens with one attached hydrogen (secondary N) is 1. The molecule has 10 heteroatoms. The Hall–Kier alpha value is -1.71. The van der Waals surface area contributed by atoms with Gasteiger partial charge in [-0.3, -0.25) is 4.72 Å². The summed E-state index contributed by atoms with van der Waals surface area (Å²) in [5.41, 5.74) is 0.534. The minimum absolute atomic E-state index is 0.128. The minimum atomic E-state index is -4.17. The Morgan fingerprint density at radius 2 is 2.19 bits per heavy atom. The predicted octanol–water partition coefficient (Wildman–Crippen LogP) is 2.52. The Morgan fingerprint density at radius 1 is 1.48 bits per heavy atom. The van der Waals surface area contributed by atoms with Crippen molar-refractivity contribution in [2.45, 2.75) is 4.21 Å². The van der Waals surface area contributed by atoms with Crippen molar-refractivity contribution >= 4 is 44.6 Å². The molecule has 0 fully saturated rings. The zero-order valence-corrected chi connectivity index (χ0v) is 12.9. The summed E-state index contributed by atoms with van der Waals surface area (Å²) in [7, 11) is -3.07. The molecular formula is C11H8ClFN2O4S2. The number of methoxy groups -OCH3 is 1. The molecule has 0 amide bonds. The van der Waals surface area contributed by atoms with Crippen molar-refractivity contribution in [1.82, 2.24) is 4.98 Å². The van der Waals surface area contributed by atoms with Crippen LogP contribution in [0.4, 0.5) is 10.1 Å². The van der Waals surface area contributed by atoms with Gasteiger partial charge in [-0.1, -0.05) is 11.6 Å². The van der Waals surface area contributed by atoms with Crippen LogP contribution in [0.2, 0.25) is 5.02 Å².